The molecular formula is C21H18FN3. The third-order valence-corrected chi connectivity index (χ3v) is 4.89. The Morgan fingerprint density at radius 1 is 1.08 bits per heavy atom. The Balaban J connectivity index is 1.88. The van der Waals surface area contributed by atoms with Crippen LogP contribution in [0.25, 0.3) is 10.9 Å². The highest BCUT2D eigenvalue weighted by Crippen LogP contribution is 2.43. The predicted molar refractivity (Wildman–Crippen MR) is 99.0 cm³/mol. The lowest BCUT2D eigenvalue weighted by Gasteiger charge is -2.39. The Bertz CT molecular complexity index is 1010. The smallest absolute Gasteiger partial charge is 0.123 e. The van der Waals surface area contributed by atoms with Crippen LogP contribution in [0.15, 0.2) is 77.4 Å². The quantitative estimate of drug-likeness (QED) is 0.761. The monoisotopic (exact) mass is 331 g/mol. The Morgan fingerprint density at radius 3 is 2.80 bits per heavy atom. The maximum Gasteiger partial charge on any atom is 0.123 e. The second-order valence-electron chi connectivity index (χ2n) is 6.39. The van der Waals surface area contributed by atoms with E-state index in [1.54, 1.807) is 18.5 Å². The van der Waals surface area contributed by atoms with Crippen molar-refractivity contribution >= 4 is 17.1 Å². The number of allylic oxidation sites excluding steroid dienone is 1. The molecule has 2 unspecified atom stereocenters. The van der Waals surface area contributed by atoms with Gasteiger partial charge in [-0.15, -0.1) is 0 Å². The molecule has 3 nitrogen and oxygen atoms in total. The van der Waals surface area contributed by atoms with Gasteiger partial charge in [0.1, 0.15) is 11.9 Å². The Kier molecular flexibility index (Phi) is 3.70. The van der Waals surface area contributed by atoms with E-state index >= 15 is 0 Å². The van der Waals surface area contributed by atoms with E-state index < -0.39 is 5.54 Å². The van der Waals surface area contributed by atoms with Gasteiger partial charge in [0.25, 0.3) is 0 Å². The molecule has 3 aromatic rings. The van der Waals surface area contributed by atoms with Gasteiger partial charge in [-0.05, 0) is 60.0 Å². The summed E-state index contributed by atoms with van der Waals surface area (Å²) in [6, 6.07) is 16.1. The molecule has 25 heavy (non-hydrogen) atoms. The molecule has 0 radical (unpaired) electrons. The number of hydrogen-bond acceptors (Lipinski definition) is 3. The van der Waals surface area contributed by atoms with Crippen molar-refractivity contribution in [3.8, 4) is 0 Å². The lowest BCUT2D eigenvalue weighted by atomic mass is 9.74. The molecule has 0 aliphatic carbocycles. The summed E-state index contributed by atoms with van der Waals surface area (Å²) >= 11 is 0. The number of aromatic nitrogens is 1. The molecular weight excluding hydrogens is 313 g/mol. The van der Waals surface area contributed by atoms with E-state index in [0.29, 0.717) is 0 Å². The van der Waals surface area contributed by atoms with Crippen LogP contribution in [0.4, 0.5) is 4.39 Å². The lowest BCUT2D eigenvalue weighted by molar-refractivity contribution is 0.420. The van der Waals surface area contributed by atoms with E-state index in [2.05, 4.69) is 16.0 Å². The van der Waals surface area contributed by atoms with Gasteiger partial charge in [0.15, 0.2) is 0 Å². The number of dihydropyridines is 1. The highest BCUT2D eigenvalue weighted by atomic mass is 19.1. The first-order valence-corrected chi connectivity index (χ1v) is 8.19. The normalized spacial score (nSPS) is 22.8. The molecule has 0 spiro atoms. The van der Waals surface area contributed by atoms with Crippen LogP contribution >= 0.6 is 0 Å². The molecule has 1 aliphatic rings. The maximum atomic E-state index is 13.8. The fourth-order valence-corrected chi connectivity index (χ4v) is 3.46. The van der Waals surface area contributed by atoms with E-state index in [0.717, 1.165) is 27.6 Å². The van der Waals surface area contributed by atoms with Crippen molar-refractivity contribution in [1.29, 1.82) is 0 Å². The Hall–Kier alpha value is -2.85. The van der Waals surface area contributed by atoms with E-state index in [1.807, 2.05) is 43.3 Å². The zero-order valence-corrected chi connectivity index (χ0v) is 13.9. The van der Waals surface area contributed by atoms with Crippen molar-refractivity contribution in [2.75, 3.05) is 0 Å². The first kappa shape index (κ1) is 15.7. The molecule has 1 aromatic heterocycles. The van der Waals surface area contributed by atoms with Gasteiger partial charge in [-0.3, -0.25) is 9.98 Å². The molecule has 2 N–H and O–H groups in total. The topological polar surface area (TPSA) is 51.3 Å². The molecule has 124 valence electrons. The molecule has 1 aliphatic heterocycles. The van der Waals surface area contributed by atoms with Crippen LogP contribution in [-0.4, -0.2) is 11.2 Å². The average molecular weight is 331 g/mol. The summed E-state index contributed by atoms with van der Waals surface area (Å²) in [6.07, 6.45) is 5.44. The van der Waals surface area contributed by atoms with Crippen LogP contribution in [0.3, 0.4) is 0 Å². The van der Waals surface area contributed by atoms with Crippen molar-refractivity contribution in [2.24, 2.45) is 10.7 Å². The predicted octanol–water partition coefficient (Wildman–Crippen LogP) is 4.30. The van der Waals surface area contributed by atoms with Crippen LogP contribution < -0.4 is 5.73 Å². The fraction of sp³-hybridized carbons (Fsp3) is 0.143. The van der Waals surface area contributed by atoms with Crippen molar-refractivity contribution in [2.45, 2.75) is 18.5 Å². The van der Waals surface area contributed by atoms with Gasteiger partial charge < -0.3 is 5.73 Å². The largest absolute Gasteiger partial charge is 0.316 e. The van der Waals surface area contributed by atoms with Gasteiger partial charge in [-0.25, -0.2) is 4.39 Å². The highest BCUT2D eigenvalue weighted by Gasteiger charge is 2.40. The second kappa shape index (κ2) is 5.90. The number of nitrogens with two attached hydrogens (primary N) is 1. The van der Waals surface area contributed by atoms with Crippen LogP contribution in [0.1, 0.15) is 24.1 Å². The molecule has 4 heteroatoms. The van der Waals surface area contributed by atoms with E-state index in [4.69, 9.17) is 5.73 Å². The minimum absolute atomic E-state index is 0.300. The zero-order chi connectivity index (χ0) is 17.4. The molecule has 2 aromatic carbocycles. The maximum absolute atomic E-state index is 13.8. The van der Waals surface area contributed by atoms with Gasteiger partial charge in [0.05, 0.1) is 11.1 Å². The Labute approximate surface area is 145 Å². The summed E-state index contributed by atoms with van der Waals surface area (Å²) in [5.74, 6) is -0.300. The van der Waals surface area contributed by atoms with Gasteiger partial charge in [-0.2, -0.15) is 0 Å². The molecule has 4 rings (SSSR count). The highest BCUT2D eigenvalue weighted by molar-refractivity contribution is 5.80. The molecule has 0 bridgehead atoms. The number of hydrogen-bond donors (Lipinski definition) is 1. The molecule has 0 fully saturated rings. The fourth-order valence-electron chi connectivity index (χ4n) is 3.46. The number of benzene rings is 2. The number of pyridine rings is 1. The molecule has 0 saturated carbocycles. The minimum Gasteiger partial charge on any atom is -0.316 e. The second-order valence-corrected chi connectivity index (χ2v) is 6.39. The van der Waals surface area contributed by atoms with Crippen LogP contribution in [0, 0.1) is 5.82 Å². The number of halogens is 1. The Morgan fingerprint density at radius 2 is 1.96 bits per heavy atom. The van der Waals surface area contributed by atoms with Crippen LogP contribution in [0.2, 0.25) is 0 Å². The van der Waals surface area contributed by atoms with Gasteiger partial charge in [-0.1, -0.05) is 24.3 Å². The van der Waals surface area contributed by atoms with E-state index in [9.17, 15) is 4.39 Å². The van der Waals surface area contributed by atoms with Crippen molar-refractivity contribution in [1.82, 2.24) is 4.98 Å². The van der Waals surface area contributed by atoms with Crippen molar-refractivity contribution < 1.29 is 4.39 Å². The number of rotatable bonds is 2. The standard InChI is InChI=1S/C21H18FN3/c1-14-9-11-25-20(21(14,23)17-5-2-6-18(22)13-17)16-7-8-19-15(12-16)4-3-10-24-19/h2-13,20H,23H2,1H3. The molecule has 0 saturated heterocycles. The summed E-state index contributed by atoms with van der Waals surface area (Å²) in [4.78, 5) is 9.00. The van der Waals surface area contributed by atoms with Gasteiger partial charge in [0, 0.05) is 17.8 Å². The van der Waals surface area contributed by atoms with Crippen LogP contribution in [0.5, 0.6) is 0 Å². The van der Waals surface area contributed by atoms with E-state index in [1.165, 1.54) is 12.1 Å². The van der Waals surface area contributed by atoms with Crippen molar-refractivity contribution in [3.05, 3.63) is 89.4 Å². The lowest BCUT2D eigenvalue weighted by Crippen LogP contribution is -2.44. The molecule has 0 amide bonds. The van der Waals surface area contributed by atoms with Crippen LogP contribution in [-0.2, 0) is 5.54 Å². The van der Waals surface area contributed by atoms with Crippen molar-refractivity contribution in [3.63, 3.8) is 0 Å². The summed E-state index contributed by atoms with van der Waals surface area (Å²) in [5, 5.41) is 1.03. The minimum atomic E-state index is -0.896. The average Bonchev–Trinajstić information content (AvgIpc) is 2.63. The number of fused-ring (bicyclic) bond motifs is 1. The molecule has 2 atom stereocenters. The first-order chi connectivity index (χ1) is 12.1. The summed E-state index contributed by atoms with van der Waals surface area (Å²) in [7, 11) is 0. The third kappa shape index (κ3) is 2.55. The zero-order valence-electron chi connectivity index (χ0n) is 13.9. The number of nitrogens with zero attached hydrogens (tertiary/aromatic N) is 2. The summed E-state index contributed by atoms with van der Waals surface area (Å²) in [5.41, 5.74) is 9.52. The number of aliphatic imine (C=N–C) groups is 1. The van der Waals surface area contributed by atoms with Gasteiger partial charge >= 0.3 is 0 Å². The third-order valence-electron chi connectivity index (χ3n) is 4.89. The van der Waals surface area contributed by atoms with Gasteiger partial charge in [0.2, 0.25) is 0 Å². The SMILES string of the molecule is CC1=CC=NC(c2ccc3ncccc3c2)C1(N)c1cccc(F)c1. The molecule has 2 heterocycles. The van der Waals surface area contributed by atoms with E-state index in [-0.39, 0.29) is 11.9 Å². The first-order valence-electron chi connectivity index (χ1n) is 8.19. The summed E-state index contributed by atoms with van der Waals surface area (Å²) < 4.78 is 13.8. The summed E-state index contributed by atoms with van der Waals surface area (Å²) in [6.45, 7) is 1.96.